The summed E-state index contributed by atoms with van der Waals surface area (Å²) in [6, 6.07) is 14.1. The third-order valence-corrected chi connectivity index (χ3v) is 5.80. The van der Waals surface area contributed by atoms with Crippen molar-refractivity contribution in [3.05, 3.63) is 91.9 Å². The fourth-order valence-corrected chi connectivity index (χ4v) is 4.32. The molecular weight excluding hydrogens is 443 g/mol. The van der Waals surface area contributed by atoms with Gasteiger partial charge in [0.25, 0.3) is 5.56 Å². The molecule has 2 heterocycles. The molecule has 0 atom stereocenters. The van der Waals surface area contributed by atoms with Gasteiger partial charge in [-0.15, -0.1) is 11.3 Å². The molecule has 6 nitrogen and oxygen atoms in total. The van der Waals surface area contributed by atoms with Gasteiger partial charge in [-0.1, -0.05) is 24.3 Å². The van der Waals surface area contributed by atoms with Gasteiger partial charge in [0, 0.05) is 10.6 Å². The van der Waals surface area contributed by atoms with Crippen LogP contribution in [0.5, 0.6) is 0 Å². The van der Waals surface area contributed by atoms with Crippen LogP contribution in [0.15, 0.2) is 70.3 Å². The number of hydrogen-bond donors (Lipinski definition) is 1. The number of nitrogens with zero attached hydrogens (tertiary/aromatic N) is 2. The lowest BCUT2D eigenvalue weighted by Crippen LogP contribution is -2.40. The van der Waals surface area contributed by atoms with Crippen LogP contribution in [0.25, 0.3) is 15.9 Å². The zero-order valence-corrected chi connectivity index (χ0v) is 17.5. The summed E-state index contributed by atoms with van der Waals surface area (Å²) in [6.45, 7) is 1.30. The summed E-state index contributed by atoms with van der Waals surface area (Å²) in [4.78, 5) is 39.9. The van der Waals surface area contributed by atoms with E-state index in [0.717, 1.165) is 26.1 Å². The molecule has 1 N–H and O–H groups in total. The number of halogens is 3. The van der Waals surface area contributed by atoms with E-state index < -0.39 is 35.4 Å². The first kappa shape index (κ1) is 21.6. The molecule has 2 aromatic heterocycles. The number of anilines is 1. The monoisotopic (exact) mass is 459 g/mol. The summed E-state index contributed by atoms with van der Waals surface area (Å²) in [5, 5.41) is 2.67. The van der Waals surface area contributed by atoms with Crippen LogP contribution in [-0.2, 0) is 17.5 Å². The van der Waals surface area contributed by atoms with Gasteiger partial charge in [-0.25, -0.2) is 9.36 Å². The molecule has 0 bridgehead atoms. The molecule has 0 fully saturated rings. The van der Waals surface area contributed by atoms with Crippen LogP contribution >= 0.6 is 11.3 Å². The number of alkyl halides is 3. The van der Waals surface area contributed by atoms with Crippen molar-refractivity contribution in [3.63, 3.8) is 0 Å². The van der Waals surface area contributed by atoms with Crippen LogP contribution in [0.2, 0.25) is 0 Å². The average molecular weight is 459 g/mol. The van der Waals surface area contributed by atoms with Crippen LogP contribution < -0.4 is 16.6 Å². The van der Waals surface area contributed by atoms with Gasteiger partial charge in [0.1, 0.15) is 11.4 Å². The van der Waals surface area contributed by atoms with Crippen molar-refractivity contribution in [2.45, 2.75) is 19.6 Å². The standard InChI is InChI=1S/C22H16F3N3O3S/c1-13-10-17-19(30)28(16-8-3-2-4-9-16)21(31)27(20(17)32-13)12-18(29)26-15-7-5-6-14(11-15)22(23,24)25/h2-11H,12H2,1H3,(H,26,29). The number of carbonyl (C=O) groups is 1. The van der Waals surface area contributed by atoms with Gasteiger partial charge in [0.15, 0.2) is 0 Å². The Morgan fingerprint density at radius 2 is 1.75 bits per heavy atom. The Bertz CT molecular complexity index is 1440. The maximum absolute atomic E-state index is 13.2. The van der Waals surface area contributed by atoms with Gasteiger partial charge in [-0.3, -0.25) is 14.2 Å². The van der Waals surface area contributed by atoms with Crippen LogP contribution in [-0.4, -0.2) is 15.0 Å². The second kappa shape index (κ2) is 8.12. The summed E-state index contributed by atoms with van der Waals surface area (Å²) in [5.41, 5.74) is -1.82. The lowest BCUT2D eigenvalue weighted by atomic mass is 10.2. The first-order valence-corrected chi connectivity index (χ1v) is 10.3. The highest BCUT2D eigenvalue weighted by Crippen LogP contribution is 2.30. The zero-order chi connectivity index (χ0) is 23.0. The molecule has 2 aromatic carbocycles. The number of amides is 1. The maximum Gasteiger partial charge on any atom is 0.416 e. The number of hydrogen-bond acceptors (Lipinski definition) is 4. The third-order valence-electron chi connectivity index (χ3n) is 4.73. The van der Waals surface area contributed by atoms with E-state index in [2.05, 4.69) is 5.32 Å². The van der Waals surface area contributed by atoms with E-state index in [1.165, 1.54) is 23.5 Å². The van der Waals surface area contributed by atoms with Crippen molar-refractivity contribution in [1.29, 1.82) is 0 Å². The highest BCUT2D eigenvalue weighted by Gasteiger charge is 2.30. The van der Waals surface area contributed by atoms with Crippen LogP contribution in [0.3, 0.4) is 0 Å². The molecule has 10 heteroatoms. The second-order valence-electron chi connectivity index (χ2n) is 7.05. The molecule has 0 radical (unpaired) electrons. The predicted octanol–water partition coefficient (Wildman–Crippen LogP) is 4.18. The van der Waals surface area contributed by atoms with Gasteiger partial charge in [-0.05, 0) is 43.3 Å². The van der Waals surface area contributed by atoms with Crippen LogP contribution in [0.1, 0.15) is 10.4 Å². The molecule has 0 spiro atoms. The van der Waals surface area contributed by atoms with Crippen LogP contribution in [0, 0.1) is 6.92 Å². The number of thiophene rings is 1. The molecule has 0 saturated carbocycles. The van der Waals surface area contributed by atoms with E-state index in [1.807, 2.05) is 0 Å². The number of rotatable bonds is 4. The largest absolute Gasteiger partial charge is 0.416 e. The molecule has 0 aliphatic heterocycles. The lowest BCUT2D eigenvalue weighted by Gasteiger charge is -2.13. The zero-order valence-electron chi connectivity index (χ0n) is 16.6. The Hall–Kier alpha value is -3.66. The Morgan fingerprint density at radius 3 is 2.44 bits per heavy atom. The second-order valence-corrected chi connectivity index (χ2v) is 8.28. The number of nitrogens with one attached hydrogen (secondary N) is 1. The van der Waals surface area contributed by atoms with E-state index in [1.54, 1.807) is 43.3 Å². The quantitative estimate of drug-likeness (QED) is 0.498. The number of aryl methyl sites for hydroxylation is 1. The Morgan fingerprint density at radius 1 is 1.03 bits per heavy atom. The minimum atomic E-state index is -4.55. The summed E-state index contributed by atoms with van der Waals surface area (Å²) < 4.78 is 40.9. The van der Waals surface area contributed by atoms with Crippen molar-refractivity contribution in [2.24, 2.45) is 0 Å². The Labute approximate surface area is 183 Å². The average Bonchev–Trinajstić information content (AvgIpc) is 3.13. The van der Waals surface area contributed by atoms with Gasteiger partial charge >= 0.3 is 11.9 Å². The van der Waals surface area contributed by atoms with Crippen molar-refractivity contribution in [2.75, 3.05) is 5.32 Å². The molecule has 0 aliphatic carbocycles. The van der Waals surface area contributed by atoms with Crippen molar-refractivity contribution in [3.8, 4) is 5.69 Å². The number of benzene rings is 2. The van der Waals surface area contributed by atoms with E-state index in [-0.39, 0.29) is 11.1 Å². The lowest BCUT2D eigenvalue weighted by molar-refractivity contribution is -0.137. The molecule has 0 saturated heterocycles. The minimum Gasteiger partial charge on any atom is -0.325 e. The highest BCUT2D eigenvalue weighted by atomic mass is 32.1. The van der Waals surface area contributed by atoms with E-state index in [9.17, 15) is 27.6 Å². The van der Waals surface area contributed by atoms with Crippen molar-refractivity contribution in [1.82, 2.24) is 9.13 Å². The normalized spacial score (nSPS) is 11.6. The fraction of sp³-hybridized carbons (Fsp3) is 0.136. The van der Waals surface area contributed by atoms with Gasteiger partial charge in [0.2, 0.25) is 5.91 Å². The van der Waals surface area contributed by atoms with Crippen molar-refractivity contribution >= 4 is 33.1 Å². The third kappa shape index (κ3) is 4.09. The summed E-state index contributed by atoms with van der Waals surface area (Å²) in [6.07, 6.45) is -4.55. The Kier molecular flexibility index (Phi) is 5.47. The summed E-state index contributed by atoms with van der Waals surface area (Å²) in [5.74, 6) is -0.697. The predicted molar refractivity (Wildman–Crippen MR) is 116 cm³/mol. The molecule has 4 rings (SSSR count). The molecule has 0 aliphatic rings. The number of para-hydroxylation sites is 1. The number of aromatic nitrogens is 2. The van der Waals surface area contributed by atoms with E-state index >= 15 is 0 Å². The maximum atomic E-state index is 13.2. The van der Waals surface area contributed by atoms with Gasteiger partial charge < -0.3 is 5.32 Å². The highest BCUT2D eigenvalue weighted by molar-refractivity contribution is 7.18. The van der Waals surface area contributed by atoms with Gasteiger partial charge in [0.05, 0.1) is 16.6 Å². The summed E-state index contributed by atoms with van der Waals surface area (Å²) in [7, 11) is 0. The molecule has 164 valence electrons. The first-order valence-electron chi connectivity index (χ1n) is 9.43. The SMILES string of the molecule is Cc1cc2c(=O)n(-c3ccccc3)c(=O)n(CC(=O)Nc3cccc(C(F)(F)F)c3)c2s1. The van der Waals surface area contributed by atoms with E-state index in [4.69, 9.17) is 0 Å². The van der Waals surface area contributed by atoms with E-state index in [0.29, 0.717) is 10.5 Å². The molecule has 0 unspecified atom stereocenters. The number of fused-ring (bicyclic) bond motifs is 1. The van der Waals surface area contributed by atoms with Crippen molar-refractivity contribution < 1.29 is 18.0 Å². The minimum absolute atomic E-state index is 0.0483. The molecule has 32 heavy (non-hydrogen) atoms. The van der Waals surface area contributed by atoms with Crippen LogP contribution in [0.4, 0.5) is 18.9 Å². The molecule has 1 amide bonds. The Balaban J connectivity index is 1.76. The molecular formula is C22H16F3N3O3S. The first-order chi connectivity index (χ1) is 15.1. The fourth-order valence-electron chi connectivity index (χ4n) is 3.33. The number of carbonyl (C=O) groups excluding carboxylic acids is 1. The van der Waals surface area contributed by atoms with Gasteiger partial charge in [-0.2, -0.15) is 13.2 Å². The molecule has 4 aromatic rings. The summed E-state index contributed by atoms with van der Waals surface area (Å²) >= 11 is 1.19. The topological polar surface area (TPSA) is 73.1 Å². The smallest absolute Gasteiger partial charge is 0.325 e.